The molecule has 0 unspecified atom stereocenters. The van der Waals surface area contributed by atoms with Crippen molar-refractivity contribution >= 4 is 6.41 Å². The van der Waals surface area contributed by atoms with Crippen LogP contribution < -0.4 is 26.9 Å². The van der Waals surface area contributed by atoms with E-state index in [0.717, 1.165) is 19.4 Å². The van der Waals surface area contributed by atoms with E-state index >= 15 is 0 Å². The monoisotopic (exact) mass is 242 g/mol. The van der Waals surface area contributed by atoms with Crippen molar-refractivity contribution in [3.63, 3.8) is 0 Å². The zero-order valence-corrected chi connectivity index (χ0v) is 7.13. The predicted octanol–water partition coefficient (Wildman–Crippen LogP) is -3.47. The van der Waals surface area contributed by atoms with Gasteiger partial charge in [-0.1, -0.05) is 0 Å². The van der Waals surface area contributed by atoms with Gasteiger partial charge in [-0.05, 0) is 0 Å². The van der Waals surface area contributed by atoms with Crippen LogP contribution in [0.5, 0.6) is 0 Å². The fourth-order valence-corrected chi connectivity index (χ4v) is 2.67. The minimum absolute atomic E-state index is 0.0202. The molecular weight excluding hydrogens is 233 g/mol. The van der Waals surface area contributed by atoms with Crippen LogP contribution in [0, 0.1) is 0 Å². The Morgan fingerprint density at radius 2 is 2.67 bits per heavy atom. The van der Waals surface area contributed by atoms with Gasteiger partial charge in [-0.15, -0.1) is 0 Å². The van der Waals surface area contributed by atoms with Gasteiger partial charge in [-0.3, -0.25) is 0 Å². The van der Waals surface area contributed by atoms with E-state index in [1.54, 1.807) is 0 Å². The molecule has 0 aliphatic carbocycles. The Hall–Kier alpha value is 0.160. The molecule has 1 heterocycles. The molecule has 0 aromatic heterocycles. The number of nitrogens with one attached hydrogen (secondary N) is 1. The molecule has 1 fully saturated rings. The van der Waals surface area contributed by atoms with Crippen LogP contribution in [-0.4, -0.2) is 23.5 Å². The Morgan fingerprint density at radius 1 is 1.78 bits per heavy atom. The van der Waals surface area contributed by atoms with Crippen molar-refractivity contribution in [1.82, 2.24) is 5.32 Å². The number of halogens is 1. The van der Waals surface area contributed by atoms with Gasteiger partial charge < -0.3 is 0 Å². The molecule has 1 aliphatic rings. The summed E-state index contributed by atoms with van der Waals surface area (Å²) in [7, 11) is 0. The molecule has 4 heteroatoms. The summed E-state index contributed by atoms with van der Waals surface area (Å²) in [6.07, 6.45) is 1.85. The van der Waals surface area contributed by atoms with Crippen molar-refractivity contribution in [2.75, 3.05) is 11.0 Å². The van der Waals surface area contributed by atoms with E-state index in [1.165, 1.54) is 4.43 Å². The molecule has 1 atom stereocenters. The zero-order chi connectivity index (χ0) is 6.53. The molecule has 3 nitrogen and oxygen atoms in total. The Kier molecular flexibility index (Phi) is 3.27. The first-order chi connectivity index (χ1) is 4.43. The Morgan fingerprint density at radius 3 is 3.22 bits per heavy atom. The van der Waals surface area contributed by atoms with E-state index in [1.807, 2.05) is 0 Å². The second-order valence-corrected chi connectivity index (χ2v) is 4.17. The summed E-state index contributed by atoms with van der Waals surface area (Å²) >= 11 is 0.0202. The van der Waals surface area contributed by atoms with Crippen molar-refractivity contribution in [3.05, 3.63) is 0 Å². The summed E-state index contributed by atoms with van der Waals surface area (Å²) in [6, 6.07) is 0.288. The second kappa shape index (κ2) is 4.05. The average Bonchev–Trinajstić information content (AvgIpc) is 1.91. The molecule has 0 bridgehead atoms. The summed E-state index contributed by atoms with van der Waals surface area (Å²) in [5.74, 6) is 0. The Labute approximate surface area is 65.0 Å². The fraction of sp³-hybridized carbons (Fsp3) is 0.800. The average molecular weight is 242 g/mol. The van der Waals surface area contributed by atoms with Crippen LogP contribution in [0.4, 0.5) is 0 Å². The topological polar surface area (TPSA) is 38.3 Å². The summed E-state index contributed by atoms with van der Waals surface area (Å²) < 4.78 is 6.39. The number of hydrogen-bond donors (Lipinski definition) is 1. The SMILES string of the molecule is O=CN[C@@H]1CC[I-]OC1. The van der Waals surface area contributed by atoms with Crippen molar-refractivity contribution < 1.29 is 29.5 Å². The molecule has 1 amide bonds. The molecule has 0 saturated carbocycles. The molecule has 54 valence electrons. The van der Waals surface area contributed by atoms with Crippen LogP contribution in [-0.2, 0) is 7.86 Å². The molecule has 1 aliphatic heterocycles. The van der Waals surface area contributed by atoms with Gasteiger partial charge in [0.25, 0.3) is 0 Å². The van der Waals surface area contributed by atoms with Crippen molar-refractivity contribution in [2.45, 2.75) is 12.5 Å². The van der Waals surface area contributed by atoms with Crippen molar-refractivity contribution in [2.24, 2.45) is 0 Å². The number of rotatable bonds is 2. The van der Waals surface area contributed by atoms with Gasteiger partial charge >= 0.3 is 64.7 Å². The van der Waals surface area contributed by atoms with Gasteiger partial charge in [0, 0.05) is 0 Å². The first-order valence-corrected chi connectivity index (χ1v) is 5.25. The Bertz CT molecular complexity index is 93.0. The van der Waals surface area contributed by atoms with Crippen LogP contribution in [0.3, 0.4) is 0 Å². The molecule has 9 heavy (non-hydrogen) atoms. The maximum absolute atomic E-state index is 9.92. The van der Waals surface area contributed by atoms with Crippen LogP contribution in [0.25, 0.3) is 0 Å². The van der Waals surface area contributed by atoms with Crippen LogP contribution >= 0.6 is 0 Å². The van der Waals surface area contributed by atoms with Gasteiger partial charge in [-0.25, -0.2) is 0 Å². The van der Waals surface area contributed by atoms with Crippen molar-refractivity contribution in [1.29, 1.82) is 0 Å². The minimum atomic E-state index is 0.0202. The number of amides is 1. The molecule has 1 rings (SSSR count). The quantitative estimate of drug-likeness (QED) is 0.310. The van der Waals surface area contributed by atoms with E-state index in [2.05, 4.69) is 5.32 Å². The predicted molar refractivity (Wildman–Crippen MR) is 28.4 cm³/mol. The van der Waals surface area contributed by atoms with E-state index in [9.17, 15) is 4.79 Å². The summed E-state index contributed by atoms with van der Waals surface area (Å²) in [6.45, 7) is 0.728. The van der Waals surface area contributed by atoms with Crippen LogP contribution in [0.15, 0.2) is 0 Å². The molecule has 1 N–H and O–H groups in total. The zero-order valence-electron chi connectivity index (χ0n) is 4.97. The van der Waals surface area contributed by atoms with Crippen LogP contribution in [0.2, 0.25) is 0 Å². The third-order valence-corrected chi connectivity index (χ3v) is 3.04. The number of carbonyl (C=O) groups excluding carboxylic acids is 1. The van der Waals surface area contributed by atoms with Crippen LogP contribution in [0.1, 0.15) is 6.42 Å². The van der Waals surface area contributed by atoms with E-state index < -0.39 is 0 Å². The fourth-order valence-electron chi connectivity index (χ4n) is 0.662. The standard InChI is InChI=1S/C5H9INO2/c8-4-7-5-1-2-6-9-3-5/h4-5H,1-3H2,(H,7,8)/q-1/t5-/m1/s1. The number of carbonyl (C=O) groups is 1. The number of hydrogen-bond acceptors (Lipinski definition) is 2. The first kappa shape index (κ1) is 7.27. The second-order valence-electron chi connectivity index (χ2n) is 1.84. The van der Waals surface area contributed by atoms with E-state index in [-0.39, 0.29) is 27.7 Å². The third kappa shape index (κ3) is 2.49. The van der Waals surface area contributed by atoms with Gasteiger partial charge in [-0.2, -0.15) is 0 Å². The molecule has 0 spiro atoms. The van der Waals surface area contributed by atoms with Crippen molar-refractivity contribution in [3.8, 4) is 0 Å². The third-order valence-electron chi connectivity index (χ3n) is 1.18. The Balaban J connectivity index is 2.15. The van der Waals surface area contributed by atoms with Gasteiger partial charge in [0.1, 0.15) is 0 Å². The molecule has 0 aromatic rings. The molecule has 1 saturated heterocycles. The molecular formula is C5H9INO2-. The maximum atomic E-state index is 9.92. The van der Waals surface area contributed by atoms with Gasteiger partial charge in [0.2, 0.25) is 0 Å². The number of alkyl halides is 1. The first-order valence-electron chi connectivity index (χ1n) is 2.84. The van der Waals surface area contributed by atoms with E-state index in [0.29, 0.717) is 0 Å². The molecule has 0 aromatic carbocycles. The summed E-state index contributed by atoms with van der Waals surface area (Å²) in [5, 5.41) is 2.70. The molecule has 0 radical (unpaired) electrons. The van der Waals surface area contributed by atoms with E-state index in [4.69, 9.17) is 3.07 Å². The summed E-state index contributed by atoms with van der Waals surface area (Å²) in [4.78, 5) is 9.92. The summed E-state index contributed by atoms with van der Waals surface area (Å²) in [5.41, 5.74) is 0. The normalized spacial score (nSPS) is 28.2. The van der Waals surface area contributed by atoms with Gasteiger partial charge in [0.15, 0.2) is 0 Å². The van der Waals surface area contributed by atoms with Gasteiger partial charge in [0.05, 0.1) is 0 Å².